The lowest BCUT2D eigenvalue weighted by Crippen LogP contribution is -2.46. The number of nitrogens with zero attached hydrogens (tertiary/aromatic N) is 1. The van der Waals surface area contributed by atoms with Gasteiger partial charge in [-0.05, 0) is 25.5 Å². The van der Waals surface area contributed by atoms with Gasteiger partial charge in [0.05, 0.1) is 14.2 Å². The number of likely N-dealkylation sites (tertiary alicyclic amines) is 1. The summed E-state index contributed by atoms with van der Waals surface area (Å²) in [6.07, 6.45) is 3.87. The topological polar surface area (TPSA) is 76.8 Å². The van der Waals surface area contributed by atoms with Crippen molar-refractivity contribution in [3.8, 4) is 11.5 Å². The summed E-state index contributed by atoms with van der Waals surface area (Å²) < 4.78 is 10.8. The number of carbonyl (C=O) groups excluding carboxylic acids is 1. The van der Waals surface area contributed by atoms with Gasteiger partial charge < -0.3 is 20.5 Å². The molecule has 1 aliphatic rings. The van der Waals surface area contributed by atoms with Gasteiger partial charge in [-0.3, -0.25) is 9.69 Å². The monoisotopic (exact) mass is 335 g/mol. The Morgan fingerprint density at radius 2 is 2.17 bits per heavy atom. The van der Waals surface area contributed by atoms with Gasteiger partial charge in [0.1, 0.15) is 11.5 Å². The Labute approximate surface area is 144 Å². The van der Waals surface area contributed by atoms with Crippen molar-refractivity contribution < 1.29 is 14.3 Å². The molecule has 1 heterocycles. The highest BCUT2D eigenvalue weighted by molar-refractivity contribution is 5.76. The van der Waals surface area contributed by atoms with Gasteiger partial charge in [-0.1, -0.05) is 12.5 Å². The van der Waals surface area contributed by atoms with Crippen LogP contribution in [0.5, 0.6) is 11.5 Å². The van der Waals surface area contributed by atoms with Gasteiger partial charge in [0, 0.05) is 43.7 Å². The Kier molecular flexibility index (Phi) is 7.34. The van der Waals surface area contributed by atoms with Gasteiger partial charge in [-0.25, -0.2) is 0 Å². The number of benzene rings is 1. The van der Waals surface area contributed by atoms with Gasteiger partial charge in [0.2, 0.25) is 5.91 Å². The molecule has 134 valence electrons. The summed E-state index contributed by atoms with van der Waals surface area (Å²) in [6.45, 7) is 2.91. The summed E-state index contributed by atoms with van der Waals surface area (Å²) in [5.41, 5.74) is 6.57. The number of rotatable bonds is 8. The van der Waals surface area contributed by atoms with Crippen LogP contribution in [0.25, 0.3) is 0 Å². The molecule has 0 aromatic heterocycles. The third-order valence-corrected chi connectivity index (χ3v) is 4.52. The van der Waals surface area contributed by atoms with E-state index in [1.54, 1.807) is 14.2 Å². The zero-order valence-electron chi connectivity index (χ0n) is 14.7. The van der Waals surface area contributed by atoms with Crippen molar-refractivity contribution in [2.45, 2.75) is 38.3 Å². The second-order valence-corrected chi connectivity index (χ2v) is 6.14. The van der Waals surface area contributed by atoms with E-state index in [1.165, 1.54) is 12.8 Å². The number of piperidine rings is 1. The molecule has 1 fully saturated rings. The van der Waals surface area contributed by atoms with E-state index in [-0.39, 0.29) is 5.91 Å². The molecule has 0 saturated carbocycles. The van der Waals surface area contributed by atoms with Crippen molar-refractivity contribution in [3.05, 3.63) is 23.8 Å². The zero-order chi connectivity index (χ0) is 17.4. The maximum absolute atomic E-state index is 11.7. The molecule has 6 nitrogen and oxygen atoms in total. The predicted molar refractivity (Wildman–Crippen MR) is 94.3 cm³/mol. The van der Waals surface area contributed by atoms with E-state index in [1.807, 2.05) is 12.1 Å². The van der Waals surface area contributed by atoms with Gasteiger partial charge in [-0.15, -0.1) is 0 Å². The average molecular weight is 335 g/mol. The van der Waals surface area contributed by atoms with Crippen molar-refractivity contribution in [3.63, 3.8) is 0 Å². The smallest absolute Gasteiger partial charge is 0.221 e. The van der Waals surface area contributed by atoms with Crippen molar-refractivity contribution in [2.75, 3.05) is 33.9 Å². The first-order valence-electron chi connectivity index (χ1n) is 8.59. The van der Waals surface area contributed by atoms with Crippen molar-refractivity contribution >= 4 is 5.91 Å². The molecule has 3 N–H and O–H groups in total. The van der Waals surface area contributed by atoms with E-state index >= 15 is 0 Å². The maximum Gasteiger partial charge on any atom is 0.221 e. The highest BCUT2D eigenvalue weighted by Gasteiger charge is 2.23. The molecule has 6 heteroatoms. The highest BCUT2D eigenvalue weighted by Crippen LogP contribution is 2.28. The zero-order valence-corrected chi connectivity index (χ0v) is 14.7. The van der Waals surface area contributed by atoms with E-state index in [2.05, 4.69) is 16.3 Å². The third-order valence-electron chi connectivity index (χ3n) is 4.52. The number of carbonyl (C=O) groups is 1. The fourth-order valence-corrected chi connectivity index (χ4v) is 3.15. The number of amides is 1. The molecular formula is C18H29N3O3. The number of nitrogens with two attached hydrogens (primary N) is 1. The molecule has 0 aliphatic carbocycles. The Morgan fingerprint density at radius 3 is 2.88 bits per heavy atom. The van der Waals surface area contributed by atoms with Gasteiger partial charge >= 0.3 is 0 Å². The Hall–Kier alpha value is -1.79. The first-order valence-corrected chi connectivity index (χ1v) is 8.59. The molecule has 1 aliphatic heterocycles. The predicted octanol–water partition coefficient (Wildman–Crippen LogP) is 1.52. The van der Waals surface area contributed by atoms with Crippen LogP contribution >= 0.6 is 0 Å². The summed E-state index contributed by atoms with van der Waals surface area (Å²) in [6, 6.07) is 6.28. The Morgan fingerprint density at radius 1 is 1.33 bits per heavy atom. The molecule has 24 heavy (non-hydrogen) atoms. The van der Waals surface area contributed by atoms with E-state index in [9.17, 15) is 4.79 Å². The lowest BCUT2D eigenvalue weighted by Gasteiger charge is -2.36. The fourth-order valence-electron chi connectivity index (χ4n) is 3.15. The molecule has 2 rings (SSSR count). The molecule has 1 amide bonds. The lowest BCUT2D eigenvalue weighted by atomic mass is 10.0. The third kappa shape index (κ3) is 5.11. The first kappa shape index (κ1) is 18.5. The van der Waals surface area contributed by atoms with Crippen molar-refractivity contribution in [2.24, 2.45) is 5.73 Å². The molecule has 1 unspecified atom stereocenters. The van der Waals surface area contributed by atoms with Crippen LogP contribution in [-0.2, 0) is 11.3 Å². The minimum Gasteiger partial charge on any atom is -0.497 e. The SMILES string of the molecule is COc1ccc(CN2CCCCC2CNC(=O)CCN)c(OC)c1. The molecule has 1 aromatic carbocycles. The van der Waals surface area contributed by atoms with E-state index < -0.39 is 0 Å². The van der Waals surface area contributed by atoms with E-state index in [0.29, 0.717) is 25.6 Å². The summed E-state index contributed by atoms with van der Waals surface area (Å²) in [5.74, 6) is 1.66. The van der Waals surface area contributed by atoms with Crippen molar-refractivity contribution in [1.29, 1.82) is 0 Å². The van der Waals surface area contributed by atoms with Crippen LogP contribution in [0.1, 0.15) is 31.2 Å². The largest absolute Gasteiger partial charge is 0.497 e. The van der Waals surface area contributed by atoms with E-state index in [4.69, 9.17) is 15.2 Å². The second-order valence-electron chi connectivity index (χ2n) is 6.14. The molecule has 1 atom stereocenters. The standard InChI is InChI=1S/C18H29N3O3/c1-23-16-7-6-14(17(11-16)24-2)13-21-10-4-3-5-15(21)12-20-18(22)8-9-19/h6-7,11,15H,3-5,8-10,12-13,19H2,1-2H3,(H,20,22). The van der Waals surface area contributed by atoms with E-state index in [0.717, 1.165) is 36.6 Å². The van der Waals surface area contributed by atoms with Crippen LogP contribution < -0.4 is 20.5 Å². The maximum atomic E-state index is 11.7. The Balaban J connectivity index is 2.01. The normalized spacial score (nSPS) is 18.2. The average Bonchev–Trinajstić information content (AvgIpc) is 2.61. The van der Waals surface area contributed by atoms with Crippen LogP contribution in [0, 0.1) is 0 Å². The second kappa shape index (κ2) is 9.49. The molecule has 1 aromatic rings. The number of hydrogen-bond acceptors (Lipinski definition) is 5. The number of ether oxygens (including phenoxy) is 2. The van der Waals surface area contributed by atoms with Crippen LogP contribution in [0.3, 0.4) is 0 Å². The summed E-state index contributed by atoms with van der Waals surface area (Å²) in [4.78, 5) is 14.1. The van der Waals surface area contributed by atoms with Gasteiger partial charge in [0.25, 0.3) is 0 Å². The number of hydrogen-bond donors (Lipinski definition) is 2. The van der Waals surface area contributed by atoms with Crippen LogP contribution in [0.4, 0.5) is 0 Å². The molecule has 0 bridgehead atoms. The summed E-state index contributed by atoms with van der Waals surface area (Å²) in [5, 5.41) is 3.00. The Bertz CT molecular complexity index is 536. The summed E-state index contributed by atoms with van der Waals surface area (Å²) >= 11 is 0. The van der Waals surface area contributed by atoms with Crippen molar-refractivity contribution in [1.82, 2.24) is 10.2 Å². The molecule has 1 saturated heterocycles. The van der Waals surface area contributed by atoms with Crippen LogP contribution in [0.2, 0.25) is 0 Å². The quantitative estimate of drug-likeness (QED) is 0.753. The summed E-state index contributed by atoms with van der Waals surface area (Å²) in [7, 11) is 3.33. The van der Waals surface area contributed by atoms with Gasteiger partial charge in [0.15, 0.2) is 0 Å². The number of nitrogens with one attached hydrogen (secondary N) is 1. The fraction of sp³-hybridized carbons (Fsp3) is 0.611. The van der Waals surface area contributed by atoms with Crippen LogP contribution in [-0.4, -0.2) is 50.7 Å². The lowest BCUT2D eigenvalue weighted by molar-refractivity contribution is -0.121. The minimum absolute atomic E-state index is 0.0325. The molecule has 0 spiro atoms. The first-order chi connectivity index (χ1) is 11.7. The minimum atomic E-state index is 0.0325. The van der Waals surface area contributed by atoms with Gasteiger partial charge in [-0.2, -0.15) is 0 Å². The molecular weight excluding hydrogens is 306 g/mol. The highest BCUT2D eigenvalue weighted by atomic mass is 16.5. The number of methoxy groups -OCH3 is 2. The molecule has 0 radical (unpaired) electrons. The van der Waals surface area contributed by atoms with Crippen LogP contribution in [0.15, 0.2) is 18.2 Å².